The summed E-state index contributed by atoms with van der Waals surface area (Å²) in [5.74, 6) is 0.138. The smallest absolute Gasteiger partial charge is 0.222 e. The first kappa shape index (κ1) is 15.8. The summed E-state index contributed by atoms with van der Waals surface area (Å²) in [5.41, 5.74) is 0. The highest BCUT2D eigenvalue weighted by molar-refractivity contribution is 5.76. The molecule has 1 heterocycles. The summed E-state index contributed by atoms with van der Waals surface area (Å²) in [6.07, 6.45) is 12.1. The molecule has 1 amide bonds. The SMILES string of the molecule is O=C(CC1CCCCO1)NCCNC1CCCCCC1. The van der Waals surface area contributed by atoms with Crippen molar-refractivity contribution < 1.29 is 9.53 Å². The van der Waals surface area contributed by atoms with Crippen LogP contribution < -0.4 is 10.6 Å². The number of carbonyl (C=O) groups is 1. The van der Waals surface area contributed by atoms with Crippen LogP contribution in [0.25, 0.3) is 0 Å². The van der Waals surface area contributed by atoms with Crippen molar-refractivity contribution in [3.63, 3.8) is 0 Å². The number of hydrogen-bond acceptors (Lipinski definition) is 3. The van der Waals surface area contributed by atoms with E-state index >= 15 is 0 Å². The molecule has 1 aliphatic carbocycles. The van der Waals surface area contributed by atoms with Crippen LogP contribution in [0.1, 0.15) is 64.2 Å². The predicted octanol–water partition coefficient (Wildman–Crippen LogP) is 2.37. The molecular weight excluding hydrogens is 252 g/mol. The van der Waals surface area contributed by atoms with Gasteiger partial charge in [-0.15, -0.1) is 0 Å². The Hall–Kier alpha value is -0.610. The van der Waals surface area contributed by atoms with Gasteiger partial charge in [0.05, 0.1) is 12.5 Å². The third-order valence-corrected chi connectivity index (χ3v) is 4.42. The molecule has 4 heteroatoms. The maximum Gasteiger partial charge on any atom is 0.222 e. The minimum Gasteiger partial charge on any atom is -0.378 e. The molecule has 0 aromatic rings. The van der Waals surface area contributed by atoms with Gasteiger partial charge in [-0.05, 0) is 32.1 Å². The van der Waals surface area contributed by atoms with E-state index in [0.29, 0.717) is 12.5 Å². The van der Waals surface area contributed by atoms with Crippen molar-refractivity contribution in [3.8, 4) is 0 Å². The lowest BCUT2D eigenvalue weighted by Crippen LogP contribution is -2.38. The third kappa shape index (κ3) is 6.23. The summed E-state index contributed by atoms with van der Waals surface area (Å²) in [6, 6.07) is 0.663. The molecule has 4 nitrogen and oxygen atoms in total. The van der Waals surface area contributed by atoms with Crippen molar-refractivity contribution in [1.82, 2.24) is 10.6 Å². The summed E-state index contributed by atoms with van der Waals surface area (Å²) in [4.78, 5) is 11.8. The molecule has 116 valence electrons. The molecule has 0 radical (unpaired) electrons. The molecule has 2 rings (SSSR count). The van der Waals surface area contributed by atoms with Crippen molar-refractivity contribution in [2.45, 2.75) is 76.4 Å². The van der Waals surface area contributed by atoms with Gasteiger partial charge in [0.15, 0.2) is 0 Å². The molecule has 1 saturated heterocycles. The summed E-state index contributed by atoms with van der Waals surface area (Å²) in [6.45, 7) is 2.45. The molecule has 0 aromatic heterocycles. The fourth-order valence-corrected chi connectivity index (χ4v) is 3.21. The van der Waals surface area contributed by atoms with Gasteiger partial charge >= 0.3 is 0 Å². The monoisotopic (exact) mass is 282 g/mol. The van der Waals surface area contributed by atoms with Crippen LogP contribution in [-0.4, -0.2) is 37.7 Å². The normalized spacial score (nSPS) is 25.1. The minimum absolute atomic E-state index is 0.138. The zero-order valence-corrected chi connectivity index (χ0v) is 12.7. The molecule has 1 aliphatic heterocycles. The van der Waals surface area contributed by atoms with Crippen LogP contribution in [0.3, 0.4) is 0 Å². The lowest BCUT2D eigenvalue weighted by molar-refractivity contribution is -0.124. The first-order valence-electron chi connectivity index (χ1n) is 8.46. The lowest BCUT2D eigenvalue weighted by Gasteiger charge is -2.22. The second-order valence-corrected chi connectivity index (χ2v) is 6.19. The van der Waals surface area contributed by atoms with Crippen molar-refractivity contribution >= 4 is 5.91 Å². The lowest BCUT2D eigenvalue weighted by atomic mass is 10.1. The number of ether oxygens (including phenoxy) is 1. The van der Waals surface area contributed by atoms with Gasteiger partial charge in [-0.3, -0.25) is 4.79 Å². The van der Waals surface area contributed by atoms with Gasteiger partial charge in [-0.2, -0.15) is 0 Å². The molecule has 1 saturated carbocycles. The summed E-state index contributed by atoms with van der Waals surface area (Å²) in [5, 5.41) is 6.58. The standard InChI is InChI=1S/C16H30N2O2/c19-16(13-15-9-5-6-12-20-15)18-11-10-17-14-7-3-1-2-4-8-14/h14-15,17H,1-13H2,(H,18,19). The van der Waals surface area contributed by atoms with Crippen molar-refractivity contribution in [2.24, 2.45) is 0 Å². The fourth-order valence-electron chi connectivity index (χ4n) is 3.21. The maximum atomic E-state index is 11.8. The van der Waals surface area contributed by atoms with Crippen molar-refractivity contribution in [3.05, 3.63) is 0 Å². The van der Waals surface area contributed by atoms with E-state index in [9.17, 15) is 4.79 Å². The highest BCUT2D eigenvalue weighted by atomic mass is 16.5. The number of carbonyl (C=O) groups excluding carboxylic acids is 1. The van der Waals surface area contributed by atoms with E-state index in [0.717, 1.165) is 32.5 Å². The fraction of sp³-hybridized carbons (Fsp3) is 0.938. The molecule has 0 bridgehead atoms. The first-order chi connectivity index (χ1) is 9.84. The Morgan fingerprint density at radius 3 is 2.40 bits per heavy atom. The molecule has 0 spiro atoms. The molecule has 2 aliphatic rings. The van der Waals surface area contributed by atoms with Crippen LogP contribution >= 0.6 is 0 Å². The second-order valence-electron chi connectivity index (χ2n) is 6.19. The highest BCUT2D eigenvalue weighted by Gasteiger charge is 2.17. The quantitative estimate of drug-likeness (QED) is 0.581. The number of hydrogen-bond donors (Lipinski definition) is 2. The van der Waals surface area contributed by atoms with Crippen LogP contribution in [0.15, 0.2) is 0 Å². The number of amides is 1. The van der Waals surface area contributed by atoms with Gasteiger partial charge in [-0.25, -0.2) is 0 Å². The topological polar surface area (TPSA) is 50.4 Å². The highest BCUT2D eigenvalue weighted by Crippen LogP contribution is 2.17. The minimum atomic E-state index is 0.138. The average Bonchev–Trinajstić information content (AvgIpc) is 2.73. The van der Waals surface area contributed by atoms with Gasteiger partial charge in [0.2, 0.25) is 5.91 Å². The largest absolute Gasteiger partial charge is 0.378 e. The summed E-state index contributed by atoms with van der Waals surface area (Å²) in [7, 11) is 0. The third-order valence-electron chi connectivity index (χ3n) is 4.42. The average molecular weight is 282 g/mol. The van der Waals surface area contributed by atoms with Crippen LogP contribution in [0.4, 0.5) is 0 Å². The van der Waals surface area contributed by atoms with Crippen molar-refractivity contribution in [1.29, 1.82) is 0 Å². The maximum absolute atomic E-state index is 11.8. The van der Waals surface area contributed by atoms with E-state index in [1.165, 1.54) is 44.9 Å². The Labute approximate surface area is 123 Å². The molecule has 20 heavy (non-hydrogen) atoms. The van der Waals surface area contributed by atoms with E-state index in [4.69, 9.17) is 4.74 Å². The Morgan fingerprint density at radius 1 is 0.950 bits per heavy atom. The Morgan fingerprint density at radius 2 is 1.70 bits per heavy atom. The van der Waals surface area contributed by atoms with E-state index in [1.54, 1.807) is 0 Å². The first-order valence-corrected chi connectivity index (χ1v) is 8.46. The van der Waals surface area contributed by atoms with Gasteiger partial charge in [0.25, 0.3) is 0 Å². The molecular formula is C16H30N2O2. The van der Waals surface area contributed by atoms with Gasteiger partial charge in [0, 0.05) is 25.7 Å². The summed E-state index contributed by atoms with van der Waals surface area (Å²) < 4.78 is 5.59. The Kier molecular flexibility index (Phi) is 7.37. The molecule has 1 atom stereocenters. The number of nitrogens with one attached hydrogen (secondary N) is 2. The molecule has 1 unspecified atom stereocenters. The van der Waals surface area contributed by atoms with Gasteiger partial charge < -0.3 is 15.4 Å². The number of rotatable bonds is 6. The molecule has 2 fully saturated rings. The van der Waals surface area contributed by atoms with E-state index in [-0.39, 0.29) is 12.0 Å². The molecule has 0 aromatic carbocycles. The van der Waals surface area contributed by atoms with E-state index in [2.05, 4.69) is 10.6 Å². The van der Waals surface area contributed by atoms with E-state index < -0.39 is 0 Å². The van der Waals surface area contributed by atoms with Crippen molar-refractivity contribution in [2.75, 3.05) is 19.7 Å². The van der Waals surface area contributed by atoms with Gasteiger partial charge in [-0.1, -0.05) is 25.7 Å². The van der Waals surface area contributed by atoms with Gasteiger partial charge in [0.1, 0.15) is 0 Å². The van der Waals surface area contributed by atoms with Crippen LogP contribution in [-0.2, 0) is 9.53 Å². The Bertz CT molecular complexity index is 270. The summed E-state index contributed by atoms with van der Waals surface area (Å²) >= 11 is 0. The zero-order valence-electron chi connectivity index (χ0n) is 12.7. The van der Waals surface area contributed by atoms with E-state index in [1.807, 2.05) is 0 Å². The van der Waals surface area contributed by atoms with Crippen LogP contribution in [0, 0.1) is 0 Å². The van der Waals surface area contributed by atoms with Crippen LogP contribution in [0.5, 0.6) is 0 Å². The molecule has 2 N–H and O–H groups in total. The zero-order chi connectivity index (χ0) is 14.0. The second kappa shape index (κ2) is 9.35. The van der Waals surface area contributed by atoms with Crippen LogP contribution in [0.2, 0.25) is 0 Å². The predicted molar refractivity (Wildman–Crippen MR) is 80.7 cm³/mol. The Balaban J connectivity index is 1.50.